The zero-order valence-electron chi connectivity index (χ0n) is 63.4. The van der Waals surface area contributed by atoms with Crippen molar-refractivity contribution in [2.75, 3.05) is 72.7 Å². The Labute approximate surface area is 672 Å². The molecule has 0 aromatic rings. The number of carbonyl (C=O) groups excluding carboxylic acids is 4. The highest BCUT2D eigenvalue weighted by atomic mass is 16.8. The number of ether oxygens (including phenoxy) is 16. The first-order chi connectivity index (χ1) is 56.2. The van der Waals surface area contributed by atoms with Gasteiger partial charge in [-0.15, -0.1) is 0 Å². The van der Waals surface area contributed by atoms with Crippen molar-refractivity contribution in [1.29, 1.82) is 0 Å². The summed E-state index contributed by atoms with van der Waals surface area (Å²) in [7, 11) is 0. The summed E-state index contributed by atoms with van der Waals surface area (Å²) in [4.78, 5) is 63.8. The summed E-state index contributed by atoms with van der Waals surface area (Å²) in [6, 6.07) is -7.72. The van der Waals surface area contributed by atoms with Gasteiger partial charge in [0.2, 0.25) is 23.6 Å². The minimum atomic E-state index is -3.38. The SMILES string of the molecule is CC(=O)N[C@H]1[C@H](O[C@@H]([C@H](O)[C@H](CO)NC(C)=O)[C@H](O)CO)O[C@H](CO)[C@@H](O[C@@H]2O[C@H](CO[C@H]3O[C@H](CO)[C@@H](O)[C@H](O)[C@@H]3O[C@H]3O[C@H](CO)[C@@H](O)[C@H](O)[C@@H]3O)[C@@H](O)[C@H](O[C@H]3O[C@H](CO)[C@@H](O)[C@H](O)[C@@H]3O[C@@H]3O[C@H](CO)[C@@H](O[C@@H]4O[C@H](CO)[C@H](O)[C@H](O[C@]5(C(=O)O)C[C@H](O)[C@@H](NC(=O)CO)[C@H]([C@H](O)[C@H](O)CO)O5)[C@H]4O)[C@H](O)[C@H]3NC(C)=O)[C@@H]2O)[C@@H]1O. The Morgan fingerprint density at radius 1 is 0.395 bits per heavy atom. The molecule has 8 saturated heterocycles. The van der Waals surface area contributed by atoms with Crippen LogP contribution >= 0.6 is 0 Å². The molecule has 33 N–H and O–H groups in total. The van der Waals surface area contributed by atoms with E-state index in [1.165, 1.54) is 0 Å². The summed E-state index contributed by atoms with van der Waals surface area (Å²) in [5.41, 5.74) is 0. The Kier molecular flexibility index (Phi) is 37.1. The maximum Gasteiger partial charge on any atom is 0.364 e. The van der Waals surface area contributed by atoms with Crippen LogP contribution in [0.5, 0.6) is 0 Å². The molecule has 0 aromatic heterocycles. The van der Waals surface area contributed by atoms with Gasteiger partial charge in [-0.2, -0.15) is 0 Å². The molecule has 4 amide bonds. The number of aliphatic hydroxyl groups excluding tert-OH is 28. The lowest BCUT2D eigenvalue weighted by molar-refractivity contribution is -0.401. The average Bonchev–Trinajstić information content (AvgIpc) is 0.747. The molecule has 0 unspecified atom stereocenters. The third kappa shape index (κ3) is 22.7. The molecule has 8 fully saturated rings. The first kappa shape index (κ1) is 100. The molecule has 54 heteroatoms. The second-order valence-electron chi connectivity index (χ2n) is 29.4. The number of aliphatic carboxylic acids is 1. The van der Waals surface area contributed by atoms with Crippen LogP contribution < -0.4 is 21.3 Å². The first-order valence-electron chi connectivity index (χ1n) is 37.4. The minimum absolute atomic E-state index is 0.825. The van der Waals surface area contributed by atoms with Crippen molar-refractivity contribution in [3.05, 3.63) is 0 Å². The summed E-state index contributed by atoms with van der Waals surface area (Å²) >= 11 is 0. The van der Waals surface area contributed by atoms with Crippen molar-refractivity contribution >= 4 is 29.6 Å². The Balaban J connectivity index is 1.13. The molecule has 119 heavy (non-hydrogen) atoms. The van der Waals surface area contributed by atoms with Crippen LogP contribution in [0.2, 0.25) is 0 Å². The topological polar surface area (TPSA) is 868 Å². The fraction of sp³-hybridized carbons (Fsp3) is 0.923. The molecule has 0 bridgehead atoms. The maximum atomic E-state index is 13.3. The van der Waals surface area contributed by atoms with Crippen molar-refractivity contribution < 1.29 is 248 Å². The zero-order chi connectivity index (χ0) is 88.4. The van der Waals surface area contributed by atoms with E-state index in [1.54, 1.807) is 0 Å². The lowest BCUT2D eigenvalue weighted by Crippen LogP contribution is -2.71. The van der Waals surface area contributed by atoms with Crippen molar-refractivity contribution in [1.82, 2.24) is 21.3 Å². The number of carboxylic acid groups (broad SMARTS) is 1. The zero-order valence-corrected chi connectivity index (χ0v) is 63.4. The van der Waals surface area contributed by atoms with Gasteiger partial charge in [0, 0.05) is 27.2 Å². The molecule has 0 aromatic carbocycles. The largest absolute Gasteiger partial charge is 0.477 e. The lowest BCUT2D eigenvalue weighted by Gasteiger charge is -2.51. The van der Waals surface area contributed by atoms with E-state index in [9.17, 15) is 172 Å². The molecule has 690 valence electrons. The molecule has 8 aliphatic heterocycles. The van der Waals surface area contributed by atoms with Crippen LogP contribution in [0.1, 0.15) is 27.2 Å². The number of hydrogen-bond donors (Lipinski definition) is 33. The first-order valence-corrected chi connectivity index (χ1v) is 37.4. The number of hydrogen-bond acceptors (Lipinski definition) is 49. The van der Waals surface area contributed by atoms with Crippen LogP contribution in [0.25, 0.3) is 0 Å². The Hall–Kier alpha value is -4.41. The van der Waals surface area contributed by atoms with E-state index in [1.807, 2.05) is 0 Å². The van der Waals surface area contributed by atoms with Gasteiger partial charge in [-0.25, -0.2) is 4.79 Å². The van der Waals surface area contributed by atoms with Crippen LogP contribution in [0.15, 0.2) is 0 Å². The monoisotopic (exact) mass is 1750 g/mol. The summed E-state index contributed by atoms with van der Waals surface area (Å²) in [6.45, 7) is -10.4. The number of aliphatic hydroxyl groups is 28. The highest BCUT2D eigenvalue weighted by Crippen LogP contribution is 2.42. The average molecular weight is 1750 g/mol. The molecule has 8 aliphatic rings. The van der Waals surface area contributed by atoms with Crippen molar-refractivity contribution in [2.45, 2.75) is 303 Å². The van der Waals surface area contributed by atoms with Crippen LogP contribution in [-0.4, -0.2) is 526 Å². The van der Waals surface area contributed by atoms with E-state index in [0.29, 0.717) is 0 Å². The highest BCUT2D eigenvalue weighted by molar-refractivity contribution is 5.78. The normalized spacial score (nSPS) is 44.5. The van der Waals surface area contributed by atoms with Crippen LogP contribution in [-0.2, 0) is 99.8 Å². The van der Waals surface area contributed by atoms with Gasteiger partial charge in [-0.05, 0) is 0 Å². The van der Waals surface area contributed by atoms with E-state index in [-0.39, 0.29) is 0 Å². The van der Waals surface area contributed by atoms with Gasteiger partial charge in [0.25, 0.3) is 5.79 Å². The number of carboxylic acids is 1. The molecule has 54 nitrogen and oxygen atoms in total. The summed E-state index contributed by atoms with van der Waals surface area (Å²) in [5.74, 6) is -9.72. The van der Waals surface area contributed by atoms with E-state index in [2.05, 4.69) is 21.3 Å². The van der Waals surface area contributed by atoms with Gasteiger partial charge < -0.3 is 245 Å². The second kappa shape index (κ2) is 44.2. The molecule has 0 radical (unpaired) electrons. The van der Waals surface area contributed by atoms with E-state index >= 15 is 0 Å². The van der Waals surface area contributed by atoms with Gasteiger partial charge in [-0.3, -0.25) is 19.2 Å². The van der Waals surface area contributed by atoms with Crippen LogP contribution in [0.3, 0.4) is 0 Å². The molecule has 0 saturated carbocycles. The fourth-order valence-corrected chi connectivity index (χ4v) is 14.7. The third-order valence-electron chi connectivity index (χ3n) is 21.1. The van der Waals surface area contributed by atoms with Gasteiger partial charge >= 0.3 is 5.97 Å². The molecular weight excluding hydrogens is 1640 g/mol. The standard InChI is InChI=1S/C65H110N4O50/c1-16(80)66-19(5-70)34(87)49(22(85)7-72)112-57-32(67-17(2)81)41(94)50(27(12-77)109-57)113-60-47(100)53(40(93)29(111-60)15-104-62-55(44(97)37(90)24(9-74)107-62)117-59-46(99)43(96)36(89)23(8-73)105-59)115-63-56(45(98)38(91)25(10-75)108-63)116-58-33(68-18(3)82)42(95)51(28(13-78)110-58)114-61-48(101)54(39(92)26(11-76)106-61)119-65(64(102)103)4-20(83)31(69-30(86)14-79)52(118-65)35(88)21(84)6-71/h19-29,31-63,70-79,83-85,87-101H,4-15H2,1-3H3,(H,66,80)(H,67,81)(H,68,82)(H,69,86)(H,102,103)/t19-,20-,21+,22+,23+,24+,25+,26+,27+,28+,29+,31+,32+,33+,34+,35+,36+,37+,38+,39-,40+,41+,42+,43-,44-,45-,46-,47-,48+,49+,50+,51+,52+,53-,54-,55-,56-,57-,58-,59+,60-,61-,62-,63+,65-/m0/s1. The number of carbonyl (C=O) groups is 5. The fourth-order valence-electron chi connectivity index (χ4n) is 14.7. The molecule has 8 rings (SSSR count). The quantitative estimate of drug-likeness (QED) is 0.0275. The summed E-state index contributed by atoms with van der Waals surface area (Å²) in [5, 5.41) is 328. The summed E-state index contributed by atoms with van der Waals surface area (Å²) in [6.07, 6.45) is -91.1. The predicted molar refractivity (Wildman–Crippen MR) is 364 cm³/mol. The van der Waals surface area contributed by atoms with E-state index in [0.717, 1.165) is 20.8 Å². The van der Waals surface area contributed by atoms with Crippen molar-refractivity contribution in [3.63, 3.8) is 0 Å². The maximum absolute atomic E-state index is 13.3. The number of rotatable bonds is 37. The molecular formula is C65H110N4O50. The highest BCUT2D eigenvalue weighted by Gasteiger charge is 2.63. The molecule has 0 aliphatic carbocycles. The van der Waals surface area contributed by atoms with Gasteiger partial charge in [0.1, 0.15) is 214 Å². The minimum Gasteiger partial charge on any atom is -0.477 e. The van der Waals surface area contributed by atoms with Crippen LogP contribution in [0.4, 0.5) is 0 Å². The van der Waals surface area contributed by atoms with E-state index < -0.39 is 384 Å². The molecule has 0 spiro atoms. The molecule has 45 atom stereocenters. The van der Waals surface area contributed by atoms with Gasteiger partial charge in [0.15, 0.2) is 44.0 Å². The molecule has 8 heterocycles. The Morgan fingerprint density at radius 2 is 0.807 bits per heavy atom. The van der Waals surface area contributed by atoms with Gasteiger partial charge in [-0.1, -0.05) is 0 Å². The van der Waals surface area contributed by atoms with Crippen molar-refractivity contribution in [3.8, 4) is 0 Å². The van der Waals surface area contributed by atoms with Crippen molar-refractivity contribution in [2.24, 2.45) is 0 Å². The number of amides is 4. The van der Waals surface area contributed by atoms with Crippen LogP contribution in [0, 0.1) is 0 Å². The third-order valence-corrected chi connectivity index (χ3v) is 21.1. The smallest absolute Gasteiger partial charge is 0.364 e. The number of nitrogens with one attached hydrogen (secondary N) is 4. The van der Waals surface area contributed by atoms with Gasteiger partial charge in [0.05, 0.1) is 84.3 Å². The second-order valence-corrected chi connectivity index (χ2v) is 29.4. The lowest BCUT2D eigenvalue weighted by atomic mass is 9.88. The Morgan fingerprint density at radius 3 is 1.29 bits per heavy atom. The predicted octanol–water partition coefficient (Wildman–Crippen LogP) is -22.2. The van der Waals surface area contributed by atoms with E-state index in [4.69, 9.17) is 75.8 Å². The Bertz CT molecular complexity index is 3170. The summed E-state index contributed by atoms with van der Waals surface area (Å²) < 4.78 is 94.1.